The van der Waals surface area contributed by atoms with Crippen LogP contribution in [-0.4, -0.2) is 21.8 Å². The van der Waals surface area contributed by atoms with Crippen molar-refractivity contribution in [2.75, 3.05) is 0 Å². The topological polar surface area (TPSA) is 24.5 Å². The highest BCUT2D eigenvalue weighted by atomic mass is 79.9. The van der Waals surface area contributed by atoms with Gasteiger partial charge in [0.25, 0.3) is 0 Å². The van der Waals surface area contributed by atoms with Gasteiger partial charge in [-0.05, 0) is 55.0 Å². The molecule has 19 heavy (non-hydrogen) atoms. The summed E-state index contributed by atoms with van der Waals surface area (Å²) in [6.07, 6.45) is 0.898. The maximum atomic E-state index is 6.32. The maximum absolute atomic E-state index is 6.32. The van der Waals surface area contributed by atoms with E-state index in [1.54, 1.807) is 0 Å². The number of benzene rings is 1. The van der Waals surface area contributed by atoms with E-state index in [1.807, 2.05) is 12.1 Å². The Morgan fingerprint density at radius 1 is 1.53 bits per heavy atom. The summed E-state index contributed by atoms with van der Waals surface area (Å²) in [6, 6.07) is 6.68. The smallest absolute Gasteiger partial charge is 0.184 e. The van der Waals surface area contributed by atoms with Crippen molar-refractivity contribution in [3.8, 4) is 5.75 Å². The van der Waals surface area contributed by atoms with Gasteiger partial charge in [0, 0.05) is 18.0 Å². The largest absolute Gasteiger partial charge is 0.467 e. The number of hydrogen-bond donors (Lipinski definition) is 1. The van der Waals surface area contributed by atoms with Gasteiger partial charge in [-0.25, -0.2) is 0 Å². The van der Waals surface area contributed by atoms with Crippen LogP contribution < -0.4 is 10.1 Å². The summed E-state index contributed by atoms with van der Waals surface area (Å²) >= 11 is 9.10. The Labute approximate surface area is 127 Å². The number of nitrogens with one attached hydrogen (secondary N) is 1. The van der Waals surface area contributed by atoms with E-state index >= 15 is 0 Å². The predicted octanol–water partition coefficient (Wildman–Crippen LogP) is 3.59. The second kappa shape index (κ2) is 4.35. The minimum absolute atomic E-state index is 0.230. The Hall–Kier alpha value is -0.810. The van der Waals surface area contributed by atoms with E-state index in [9.17, 15) is 0 Å². The number of ether oxygens (including phenoxy) is 1. The van der Waals surface area contributed by atoms with Gasteiger partial charge in [0.2, 0.25) is 0 Å². The quantitative estimate of drug-likeness (QED) is 0.789. The molecule has 1 N–H and O–H groups in total. The molecule has 2 heterocycles. The Kier molecular flexibility index (Phi) is 3.02. The van der Waals surface area contributed by atoms with Gasteiger partial charge in [0.1, 0.15) is 5.75 Å². The van der Waals surface area contributed by atoms with Gasteiger partial charge in [-0.3, -0.25) is 0 Å². The van der Waals surface area contributed by atoms with Crippen LogP contribution in [0.1, 0.15) is 38.8 Å². The molecule has 5 heteroatoms. The molecule has 1 fully saturated rings. The van der Waals surface area contributed by atoms with Crippen LogP contribution in [0.2, 0.25) is 0 Å². The van der Waals surface area contributed by atoms with Gasteiger partial charge in [-0.2, -0.15) is 0 Å². The highest BCUT2D eigenvalue weighted by Gasteiger charge is 2.48. The Morgan fingerprint density at radius 2 is 2.26 bits per heavy atom. The van der Waals surface area contributed by atoms with Gasteiger partial charge in [0.05, 0.1) is 10.5 Å². The molecule has 0 saturated carbocycles. The summed E-state index contributed by atoms with van der Waals surface area (Å²) in [5.41, 5.74) is 0.801. The van der Waals surface area contributed by atoms with Gasteiger partial charge in [0.15, 0.2) is 10.8 Å². The third kappa shape index (κ3) is 1.94. The molecule has 0 radical (unpaired) electrons. The molecule has 2 aliphatic heterocycles. The van der Waals surface area contributed by atoms with Crippen molar-refractivity contribution < 1.29 is 4.74 Å². The molecule has 2 aliphatic rings. The van der Waals surface area contributed by atoms with E-state index in [2.05, 4.69) is 53.0 Å². The molecule has 1 saturated heterocycles. The van der Waals surface area contributed by atoms with E-state index in [4.69, 9.17) is 17.0 Å². The van der Waals surface area contributed by atoms with E-state index in [1.165, 1.54) is 5.56 Å². The number of thiocarbonyl (C=S) groups is 1. The van der Waals surface area contributed by atoms with Crippen LogP contribution in [-0.2, 0) is 0 Å². The monoisotopic (exact) mass is 340 g/mol. The lowest BCUT2D eigenvalue weighted by molar-refractivity contribution is -0.0813. The SMILES string of the molecule is CC(C)N1C(=S)NC2CC1(C)Oc1c(Br)cccc12. The number of fused-ring (bicyclic) bond motifs is 4. The molecular weight excluding hydrogens is 324 g/mol. The summed E-state index contributed by atoms with van der Waals surface area (Å²) in [5.74, 6) is 0.932. The van der Waals surface area contributed by atoms with Gasteiger partial charge in [-0.1, -0.05) is 12.1 Å². The first kappa shape index (κ1) is 13.2. The number of rotatable bonds is 1. The molecule has 2 unspecified atom stereocenters. The third-order valence-corrected chi connectivity index (χ3v) is 4.76. The lowest BCUT2D eigenvalue weighted by Gasteiger charge is -2.54. The first-order valence-electron chi connectivity index (χ1n) is 6.49. The fraction of sp³-hybridized carbons (Fsp3) is 0.500. The molecule has 2 atom stereocenters. The minimum atomic E-state index is -0.377. The second-order valence-corrected chi connectivity index (χ2v) is 6.85. The van der Waals surface area contributed by atoms with Crippen LogP contribution in [0.15, 0.2) is 22.7 Å². The zero-order chi connectivity index (χ0) is 13.8. The minimum Gasteiger partial charge on any atom is -0.467 e. The van der Waals surface area contributed by atoms with Crippen molar-refractivity contribution in [1.82, 2.24) is 10.2 Å². The maximum Gasteiger partial charge on any atom is 0.184 e. The van der Waals surface area contributed by atoms with Gasteiger partial charge < -0.3 is 15.0 Å². The van der Waals surface area contributed by atoms with Crippen molar-refractivity contribution in [2.45, 2.75) is 45.0 Å². The number of nitrogens with zero attached hydrogens (tertiary/aromatic N) is 1. The van der Waals surface area contributed by atoms with E-state index in [-0.39, 0.29) is 11.8 Å². The molecule has 102 valence electrons. The van der Waals surface area contributed by atoms with Crippen molar-refractivity contribution in [3.63, 3.8) is 0 Å². The molecule has 0 aromatic heterocycles. The fourth-order valence-corrected chi connectivity index (χ4v) is 4.16. The summed E-state index contributed by atoms with van der Waals surface area (Å²) in [6.45, 7) is 6.40. The van der Waals surface area contributed by atoms with Crippen LogP contribution in [0.25, 0.3) is 0 Å². The van der Waals surface area contributed by atoms with Crippen LogP contribution in [0.4, 0.5) is 0 Å². The lowest BCUT2D eigenvalue weighted by Crippen LogP contribution is -2.66. The highest BCUT2D eigenvalue weighted by molar-refractivity contribution is 9.10. The first-order chi connectivity index (χ1) is 8.92. The second-order valence-electron chi connectivity index (χ2n) is 5.61. The first-order valence-corrected chi connectivity index (χ1v) is 7.70. The zero-order valence-corrected chi connectivity index (χ0v) is 13.6. The van der Waals surface area contributed by atoms with Gasteiger partial charge in [-0.15, -0.1) is 0 Å². The van der Waals surface area contributed by atoms with Gasteiger partial charge >= 0.3 is 0 Å². The van der Waals surface area contributed by atoms with Crippen molar-refractivity contribution in [2.24, 2.45) is 0 Å². The average Bonchev–Trinajstić information content (AvgIpc) is 2.29. The van der Waals surface area contributed by atoms with Crippen molar-refractivity contribution in [3.05, 3.63) is 28.2 Å². The summed E-state index contributed by atoms with van der Waals surface area (Å²) in [7, 11) is 0. The summed E-state index contributed by atoms with van der Waals surface area (Å²) in [5, 5.41) is 4.22. The van der Waals surface area contributed by atoms with E-state index < -0.39 is 0 Å². The standard InChI is InChI=1S/C14H17BrN2OS/c1-8(2)17-13(19)16-11-7-14(17,3)18-12-9(11)5-4-6-10(12)15/h4-6,8,11H,7H2,1-3H3,(H,16,19). The molecule has 3 rings (SSSR count). The number of para-hydroxylation sites is 1. The molecule has 0 aliphatic carbocycles. The van der Waals surface area contributed by atoms with Crippen LogP contribution in [0.5, 0.6) is 5.75 Å². The molecule has 3 nitrogen and oxygen atoms in total. The Bertz CT molecular complexity index is 548. The zero-order valence-electron chi connectivity index (χ0n) is 11.2. The van der Waals surface area contributed by atoms with E-state index in [0.717, 1.165) is 21.8 Å². The Balaban J connectivity index is 2.11. The third-order valence-electron chi connectivity index (χ3n) is 3.82. The number of halogens is 1. The molecule has 1 aromatic carbocycles. The molecule has 0 spiro atoms. The van der Waals surface area contributed by atoms with Crippen molar-refractivity contribution in [1.29, 1.82) is 0 Å². The fourth-order valence-electron chi connectivity index (χ4n) is 3.15. The Morgan fingerprint density at radius 3 is 2.95 bits per heavy atom. The normalized spacial score (nSPS) is 28.8. The van der Waals surface area contributed by atoms with Crippen molar-refractivity contribution >= 4 is 33.3 Å². The molecule has 1 aromatic rings. The summed E-state index contributed by atoms with van der Waals surface area (Å²) < 4.78 is 7.32. The van der Waals surface area contributed by atoms with Crippen LogP contribution >= 0.6 is 28.1 Å². The molecule has 0 amide bonds. The lowest BCUT2D eigenvalue weighted by atomic mass is 9.90. The molecular formula is C14H17BrN2OS. The summed E-state index contributed by atoms with van der Waals surface area (Å²) in [4.78, 5) is 2.15. The highest BCUT2D eigenvalue weighted by Crippen LogP contribution is 2.47. The predicted molar refractivity (Wildman–Crippen MR) is 83.2 cm³/mol. The van der Waals surface area contributed by atoms with Crippen LogP contribution in [0, 0.1) is 0 Å². The average molecular weight is 341 g/mol. The number of hydrogen-bond acceptors (Lipinski definition) is 2. The molecule has 2 bridgehead atoms. The van der Waals surface area contributed by atoms with E-state index in [0.29, 0.717) is 6.04 Å². The van der Waals surface area contributed by atoms with Crippen LogP contribution in [0.3, 0.4) is 0 Å².